The van der Waals surface area contributed by atoms with Gasteiger partial charge in [-0.15, -0.1) is 0 Å². The van der Waals surface area contributed by atoms with E-state index in [-0.39, 0.29) is 0 Å². The number of aliphatic hydroxyl groups excluding tert-OH is 1. The van der Waals surface area contributed by atoms with Gasteiger partial charge in [-0.3, -0.25) is 4.90 Å². The van der Waals surface area contributed by atoms with Gasteiger partial charge in [-0.2, -0.15) is 0 Å². The maximum absolute atomic E-state index is 10.2. The van der Waals surface area contributed by atoms with Gasteiger partial charge in [0.15, 0.2) is 0 Å². The zero-order valence-electron chi connectivity index (χ0n) is 13.4. The summed E-state index contributed by atoms with van der Waals surface area (Å²) in [5.74, 6) is 0.792. The Balaban J connectivity index is 1.42. The maximum Gasteiger partial charge on any atom is 0.129 e. The molecule has 1 aliphatic rings. The van der Waals surface area contributed by atoms with Crippen molar-refractivity contribution in [1.82, 2.24) is 4.90 Å². The van der Waals surface area contributed by atoms with Crippen LogP contribution < -0.4 is 0 Å². The van der Waals surface area contributed by atoms with Crippen molar-refractivity contribution < 1.29 is 14.3 Å². The normalized spacial score (nSPS) is 20.0. The minimum Gasteiger partial charge on any atom is -0.467 e. The van der Waals surface area contributed by atoms with Crippen molar-refractivity contribution in [1.29, 1.82) is 0 Å². The molecule has 124 valence electrons. The fourth-order valence-corrected chi connectivity index (χ4v) is 3.27. The van der Waals surface area contributed by atoms with Crippen LogP contribution in [0.3, 0.4) is 0 Å². The zero-order chi connectivity index (χ0) is 15.9. The van der Waals surface area contributed by atoms with Crippen LogP contribution in [0.2, 0.25) is 0 Å². The molecule has 1 aromatic carbocycles. The summed E-state index contributed by atoms with van der Waals surface area (Å²) in [6.07, 6.45) is 4.64. The van der Waals surface area contributed by atoms with Crippen molar-refractivity contribution in [3.63, 3.8) is 0 Å². The van der Waals surface area contributed by atoms with E-state index in [2.05, 4.69) is 35.2 Å². The van der Waals surface area contributed by atoms with Gasteiger partial charge in [-0.25, -0.2) is 0 Å². The van der Waals surface area contributed by atoms with E-state index < -0.39 is 6.10 Å². The lowest BCUT2D eigenvalue weighted by atomic mass is 10.0. The Hall–Kier alpha value is -1.62. The molecule has 0 aliphatic carbocycles. The zero-order valence-corrected chi connectivity index (χ0v) is 13.4. The van der Waals surface area contributed by atoms with Gasteiger partial charge < -0.3 is 14.3 Å². The van der Waals surface area contributed by atoms with E-state index in [9.17, 15) is 5.11 Å². The van der Waals surface area contributed by atoms with E-state index in [1.807, 2.05) is 12.1 Å². The summed E-state index contributed by atoms with van der Waals surface area (Å²) < 4.78 is 10.7. The molecule has 0 saturated carbocycles. The first-order valence-corrected chi connectivity index (χ1v) is 8.37. The van der Waals surface area contributed by atoms with Crippen molar-refractivity contribution >= 4 is 0 Å². The summed E-state index contributed by atoms with van der Waals surface area (Å²) in [6.45, 7) is 2.50. The minimum absolute atomic E-state index is 0.343. The fourth-order valence-electron chi connectivity index (χ4n) is 3.27. The van der Waals surface area contributed by atoms with Crippen LogP contribution in [0.5, 0.6) is 0 Å². The van der Waals surface area contributed by atoms with Gasteiger partial charge in [0, 0.05) is 12.6 Å². The Morgan fingerprint density at radius 1 is 1.22 bits per heavy atom. The number of furan rings is 1. The van der Waals surface area contributed by atoms with Crippen LogP contribution in [-0.4, -0.2) is 41.8 Å². The van der Waals surface area contributed by atoms with Crippen LogP contribution in [0.4, 0.5) is 0 Å². The Kier molecular flexibility index (Phi) is 5.86. The molecule has 1 aromatic heterocycles. The Bertz CT molecular complexity index is 555. The third-order valence-electron chi connectivity index (χ3n) is 4.39. The van der Waals surface area contributed by atoms with Crippen molar-refractivity contribution in [2.75, 3.05) is 19.7 Å². The molecular weight excluding hydrogens is 290 g/mol. The largest absolute Gasteiger partial charge is 0.467 e. The predicted octanol–water partition coefficient (Wildman–Crippen LogP) is 2.86. The molecule has 4 heteroatoms. The van der Waals surface area contributed by atoms with Gasteiger partial charge in [-0.05, 0) is 43.5 Å². The van der Waals surface area contributed by atoms with E-state index in [1.54, 1.807) is 6.26 Å². The van der Waals surface area contributed by atoms with Gasteiger partial charge in [0.2, 0.25) is 0 Å². The number of ether oxygens (including phenoxy) is 1. The van der Waals surface area contributed by atoms with Crippen molar-refractivity contribution in [2.24, 2.45) is 0 Å². The number of rotatable bonds is 8. The molecule has 4 nitrogen and oxygen atoms in total. The highest BCUT2D eigenvalue weighted by atomic mass is 16.5. The second-order valence-corrected chi connectivity index (χ2v) is 6.23. The van der Waals surface area contributed by atoms with Crippen LogP contribution >= 0.6 is 0 Å². The molecule has 1 N–H and O–H groups in total. The van der Waals surface area contributed by atoms with Gasteiger partial charge in [0.1, 0.15) is 12.4 Å². The topological polar surface area (TPSA) is 45.8 Å². The van der Waals surface area contributed by atoms with E-state index in [0.29, 0.717) is 25.8 Å². The smallest absolute Gasteiger partial charge is 0.129 e. The summed E-state index contributed by atoms with van der Waals surface area (Å²) >= 11 is 0. The van der Waals surface area contributed by atoms with Crippen LogP contribution in [0.1, 0.15) is 24.2 Å². The highest BCUT2D eigenvalue weighted by Gasteiger charge is 2.26. The third-order valence-corrected chi connectivity index (χ3v) is 4.39. The molecule has 0 amide bonds. The predicted molar refractivity (Wildman–Crippen MR) is 89.1 cm³/mol. The van der Waals surface area contributed by atoms with Crippen LogP contribution in [-0.2, 0) is 17.8 Å². The molecule has 1 saturated heterocycles. The minimum atomic E-state index is -0.457. The average molecular weight is 315 g/mol. The molecule has 0 radical (unpaired) electrons. The maximum atomic E-state index is 10.2. The lowest BCUT2D eigenvalue weighted by Gasteiger charge is -2.26. The van der Waals surface area contributed by atoms with Crippen molar-refractivity contribution in [3.8, 4) is 0 Å². The number of hydrogen-bond acceptors (Lipinski definition) is 4. The van der Waals surface area contributed by atoms with E-state index in [0.717, 1.165) is 18.7 Å². The highest BCUT2D eigenvalue weighted by Crippen LogP contribution is 2.21. The number of nitrogens with zero attached hydrogens (tertiary/aromatic N) is 1. The first-order valence-electron chi connectivity index (χ1n) is 8.37. The van der Waals surface area contributed by atoms with Crippen LogP contribution in [0.25, 0.3) is 0 Å². The molecular formula is C19H25NO3. The quantitative estimate of drug-likeness (QED) is 0.813. The third kappa shape index (κ3) is 4.93. The summed E-state index contributed by atoms with van der Waals surface area (Å²) in [7, 11) is 0. The van der Waals surface area contributed by atoms with E-state index in [4.69, 9.17) is 9.15 Å². The van der Waals surface area contributed by atoms with Crippen molar-refractivity contribution in [2.45, 2.75) is 38.0 Å². The molecule has 1 fully saturated rings. The molecule has 1 aliphatic heterocycles. The second-order valence-electron chi connectivity index (χ2n) is 6.23. The standard InChI is InChI=1S/C19H25NO3/c21-18(14-22-15-19-9-5-11-23-19)13-20-10-4-8-17(20)12-16-6-2-1-3-7-16/h1-3,5-7,9,11,17-18,21H,4,8,10,12-15H2. The molecule has 2 aromatic rings. The fraction of sp³-hybridized carbons (Fsp3) is 0.474. The number of β-amino-alcohol motifs (C(OH)–C–C–N with tert-alkyl or cyclic N) is 1. The molecule has 3 rings (SSSR count). The SMILES string of the molecule is OC(COCc1ccco1)CN1CCCC1Cc1ccccc1. The van der Waals surface area contributed by atoms with Crippen LogP contribution in [0.15, 0.2) is 53.1 Å². The van der Waals surface area contributed by atoms with E-state index >= 15 is 0 Å². The molecule has 23 heavy (non-hydrogen) atoms. The molecule has 0 spiro atoms. The first-order chi connectivity index (χ1) is 11.3. The highest BCUT2D eigenvalue weighted by molar-refractivity contribution is 5.16. The Morgan fingerprint density at radius 2 is 2.09 bits per heavy atom. The Morgan fingerprint density at radius 3 is 2.87 bits per heavy atom. The summed E-state index contributed by atoms with van der Waals surface area (Å²) in [6, 6.07) is 14.8. The number of hydrogen-bond donors (Lipinski definition) is 1. The van der Waals surface area contributed by atoms with Gasteiger partial charge in [0.05, 0.1) is 19.0 Å². The summed E-state index contributed by atoms with van der Waals surface area (Å²) in [5, 5.41) is 10.2. The molecule has 2 heterocycles. The second kappa shape index (κ2) is 8.29. The first kappa shape index (κ1) is 16.2. The molecule has 2 atom stereocenters. The van der Waals surface area contributed by atoms with Gasteiger partial charge >= 0.3 is 0 Å². The molecule has 0 bridgehead atoms. The van der Waals surface area contributed by atoms with Crippen molar-refractivity contribution in [3.05, 3.63) is 60.1 Å². The van der Waals surface area contributed by atoms with Gasteiger partial charge in [-0.1, -0.05) is 30.3 Å². The summed E-state index contributed by atoms with van der Waals surface area (Å²) in [5.41, 5.74) is 1.37. The monoisotopic (exact) mass is 315 g/mol. The summed E-state index contributed by atoms with van der Waals surface area (Å²) in [4.78, 5) is 2.40. The lowest BCUT2D eigenvalue weighted by Crippen LogP contribution is -2.39. The average Bonchev–Trinajstić information content (AvgIpc) is 3.21. The Labute approximate surface area is 137 Å². The van der Waals surface area contributed by atoms with E-state index in [1.165, 1.54) is 18.4 Å². The number of benzene rings is 1. The van der Waals surface area contributed by atoms with Crippen LogP contribution in [0, 0.1) is 0 Å². The number of likely N-dealkylation sites (tertiary alicyclic amines) is 1. The lowest BCUT2D eigenvalue weighted by molar-refractivity contribution is 0.00325. The molecule has 2 unspecified atom stereocenters. The van der Waals surface area contributed by atoms with Gasteiger partial charge in [0.25, 0.3) is 0 Å². The number of aliphatic hydroxyl groups is 1.